The Kier molecular flexibility index (Phi) is 8.40. The van der Waals surface area contributed by atoms with Crippen molar-refractivity contribution in [3.05, 3.63) is 35.9 Å². The number of carbonyl (C=O) groups excluding carboxylic acids is 3. The topological polar surface area (TPSA) is 165 Å². The Hall–Kier alpha value is -2.94. The predicted octanol–water partition coefficient (Wildman–Crippen LogP) is -0.858. The zero-order valence-electron chi connectivity index (χ0n) is 15.3. The van der Waals surface area contributed by atoms with Crippen LogP contribution in [-0.4, -0.2) is 46.9 Å². The van der Waals surface area contributed by atoms with Gasteiger partial charge in [0.05, 0.1) is 12.5 Å². The number of amides is 3. The lowest BCUT2D eigenvalue weighted by Gasteiger charge is -2.23. The first-order valence-corrected chi connectivity index (χ1v) is 8.53. The summed E-state index contributed by atoms with van der Waals surface area (Å²) in [5.74, 6) is -3.69. The highest BCUT2D eigenvalue weighted by atomic mass is 16.4. The van der Waals surface area contributed by atoms with E-state index in [0.717, 1.165) is 0 Å². The maximum atomic E-state index is 12.5. The van der Waals surface area contributed by atoms with Crippen molar-refractivity contribution in [3.8, 4) is 0 Å². The van der Waals surface area contributed by atoms with Gasteiger partial charge in [-0.1, -0.05) is 44.2 Å². The van der Waals surface area contributed by atoms with Crippen molar-refractivity contribution in [2.75, 3.05) is 0 Å². The zero-order valence-corrected chi connectivity index (χ0v) is 15.3. The van der Waals surface area contributed by atoms with E-state index in [0.29, 0.717) is 5.56 Å². The molecule has 1 rings (SSSR count). The normalized spacial score (nSPS) is 14.1. The fourth-order valence-electron chi connectivity index (χ4n) is 2.30. The second-order valence-electron chi connectivity index (χ2n) is 6.59. The molecular formula is C18H26N4O5. The molecule has 3 amide bonds. The summed E-state index contributed by atoms with van der Waals surface area (Å²) in [5, 5.41) is 14.1. The van der Waals surface area contributed by atoms with E-state index < -0.39 is 48.2 Å². The maximum Gasteiger partial charge on any atom is 0.326 e. The third kappa shape index (κ3) is 7.45. The van der Waals surface area contributed by atoms with Crippen LogP contribution in [0.5, 0.6) is 0 Å². The number of rotatable bonds is 10. The van der Waals surface area contributed by atoms with Crippen LogP contribution in [0.4, 0.5) is 0 Å². The number of hydrogen-bond acceptors (Lipinski definition) is 5. The van der Waals surface area contributed by atoms with Crippen LogP contribution in [0.15, 0.2) is 30.3 Å². The molecule has 0 aliphatic heterocycles. The minimum Gasteiger partial charge on any atom is -0.480 e. The Balaban J connectivity index is 2.87. The SMILES string of the molecule is CC(C)C(N)C(=O)NC(CC(N)=O)C(=O)NC(Cc1ccccc1)C(=O)O. The molecule has 148 valence electrons. The van der Waals surface area contributed by atoms with Crippen molar-refractivity contribution in [1.29, 1.82) is 0 Å². The standard InChI is InChI=1S/C18H26N4O5/c1-10(2)15(20)17(25)21-12(9-14(19)23)16(24)22-13(18(26)27)8-11-6-4-3-5-7-11/h3-7,10,12-13,15H,8-9,20H2,1-2H3,(H2,19,23)(H,21,25)(H,22,24)(H,26,27). The van der Waals surface area contributed by atoms with Crippen LogP contribution in [0, 0.1) is 5.92 Å². The van der Waals surface area contributed by atoms with Gasteiger partial charge >= 0.3 is 5.97 Å². The molecule has 0 heterocycles. The lowest BCUT2D eigenvalue weighted by Crippen LogP contribution is -2.56. The van der Waals surface area contributed by atoms with Crippen LogP contribution < -0.4 is 22.1 Å². The minimum absolute atomic E-state index is 0.0463. The number of benzene rings is 1. The van der Waals surface area contributed by atoms with E-state index in [9.17, 15) is 24.3 Å². The molecule has 0 saturated carbocycles. The quantitative estimate of drug-likeness (QED) is 0.355. The molecular weight excluding hydrogens is 352 g/mol. The van der Waals surface area contributed by atoms with E-state index in [1.807, 2.05) is 0 Å². The molecule has 9 heteroatoms. The average Bonchev–Trinajstić information content (AvgIpc) is 2.59. The fourth-order valence-corrected chi connectivity index (χ4v) is 2.30. The number of carboxylic acids is 1. The number of aliphatic carboxylic acids is 1. The van der Waals surface area contributed by atoms with Gasteiger partial charge in [0.15, 0.2) is 0 Å². The monoisotopic (exact) mass is 378 g/mol. The molecule has 1 aromatic carbocycles. The maximum absolute atomic E-state index is 12.5. The van der Waals surface area contributed by atoms with E-state index in [1.54, 1.807) is 44.2 Å². The first kappa shape index (κ1) is 22.1. The first-order valence-electron chi connectivity index (χ1n) is 8.53. The summed E-state index contributed by atoms with van der Waals surface area (Å²) < 4.78 is 0. The van der Waals surface area contributed by atoms with Gasteiger partial charge in [0.25, 0.3) is 0 Å². The molecule has 1 aromatic rings. The van der Waals surface area contributed by atoms with E-state index in [2.05, 4.69) is 10.6 Å². The largest absolute Gasteiger partial charge is 0.480 e. The van der Waals surface area contributed by atoms with Gasteiger partial charge < -0.3 is 27.2 Å². The number of hydrogen-bond donors (Lipinski definition) is 5. The molecule has 0 aliphatic rings. The molecule has 7 N–H and O–H groups in total. The first-order chi connectivity index (χ1) is 12.6. The highest BCUT2D eigenvalue weighted by Gasteiger charge is 2.29. The Morgan fingerprint density at radius 1 is 1.00 bits per heavy atom. The second kappa shape index (κ2) is 10.3. The highest BCUT2D eigenvalue weighted by molar-refractivity contribution is 5.94. The molecule has 3 atom stereocenters. The number of carbonyl (C=O) groups is 4. The Bertz CT molecular complexity index is 678. The Labute approximate surface area is 157 Å². The summed E-state index contributed by atoms with van der Waals surface area (Å²) in [6, 6.07) is 5.32. The van der Waals surface area contributed by atoms with Crippen LogP contribution in [0.1, 0.15) is 25.8 Å². The second-order valence-corrected chi connectivity index (χ2v) is 6.59. The van der Waals surface area contributed by atoms with Crippen LogP contribution in [-0.2, 0) is 25.6 Å². The highest BCUT2D eigenvalue weighted by Crippen LogP contribution is 2.05. The Morgan fingerprint density at radius 2 is 1.56 bits per heavy atom. The van der Waals surface area contributed by atoms with Crippen molar-refractivity contribution >= 4 is 23.7 Å². The number of nitrogens with two attached hydrogens (primary N) is 2. The minimum atomic E-state index is -1.31. The van der Waals surface area contributed by atoms with E-state index in [-0.39, 0.29) is 12.3 Å². The van der Waals surface area contributed by atoms with E-state index in [1.165, 1.54) is 0 Å². The van der Waals surface area contributed by atoms with Gasteiger partial charge in [-0.25, -0.2) is 4.79 Å². The smallest absolute Gasteiger partial charge is 0.326 e. The van der Waals surface area contributed by atoms with Crippen molar-refractivity contribution in [1.82, 2.24) is 10.6 Å². The van der Waals surface area contributed by atoms with Crippen LogP contribution in [0.2, 0.25) is 0 Å². The van der Waals surface area contributed by atoms with E-state index >= 15 is 0 Å². The Morgan fingerprint density at radius 3 is 2.04 bits per heavy atom. The molecule has 0 aliphatic carbocycles. The summed E-state index contributed by atoms with van der Waals surface area (Å²) >= 11 is 0. The molecule has 0 bridgehead atoms. The molecule has 0 fully saturated rings. The van der Waals surface area contributed by atoms with Gasteiger partial charge in [-0.2, -0.15) is 0 Å². The third-order valence-corrected chi connectivity index (χ3v) is 3.96. The van der Waals surface area contributed by atoms with Crippen molar-refractivity contribution < 1.29 is 24.3 Å². The number of primary amides is 1. The van der Waals surface area contributed by atoms with Gasteiger partial charge in [-0.05, 0) is 11.5 Å². The molecule has 9 nitrogen and oxygen atoms in total. The summed E-state index contributed by atoms with van der Waals surface area (Å²) in [7, 11) is 0. The molecule has 0 saturated heterocycles. The van der Waals surface area contributed by atoms with Gasteiger partial charge in [0, 0.05) is 6.42 Å². The average molecular weight is 378 g/mol. The van der Waals surface area contributed by atoms with Crippen molar-refractivity contribution in [3.63, 3.8) is 0 Å². The predicted molar refractivity (Wildman–Crippen MR) is 98.3 cm³/mol. The summed E-state index contributed by atoms with van der Waals surface area (Å²) in [5.41, 5.74) is 11.6. The van der Waals surface area contributed by atoms with Gasteiger partial charge in [-0.3, -0.25) is 14.4 Å². The van der Waals surface area contributed by atoms with Gasteiger partial charge in [0.1, 0.15) is 12.1 Å². The summed E-state index contributed by atoms with van der Waals surface area (Å²) in [6.45, 7) is 3.46. The van der Waals surface area contributed by atoms with Crippen LogP contribution in [0.25, 0.3) is 0 Å². The molecule has 3 unspecified atom stereocenters. The zero-order chi connectivity index (χ0) is 20.6. The molecule has 0 aromatic heterocycles. The molecule has 0 spiro atoms. The fraction of sp³-hybridized carbons (Fsp3) is 0.444. The van der Waals surface area contributed by atoms with Gasteiger partial charge in [-0.15, -0.1) is 0 Å². The number of nitrogens with one attached hydrogen (secondary N) is 2. The van der Waals surface area contributed by atoms with E-state index in [4.69, 9.17) is 11.5 Å². The lowest BCUT2D eigenvalue weighted by atomic mass is 10.0. The van der Waals surface area contributed by atoms with Crippen LogP contribution >= 0.6 is 0 Å². The summed E-state index contributed by atoms with van der Waals surface area (Å²) in [6.07, 6.45) is -0.426. The number of carboxylic acid groups (broad SMARTS) is 1. The van der Waals surface area contributed by atoms with Crippen LogP contribution in [0.3, 0.4) is 0 Å². The van der Waals surface area contributed by atoms with Crippen molar-refractivity contribution in [2.45, 2.75) is 44.8 Å². The van der Waals surface area contributed by atoms with Crippen molar-refractivity contribution in [2.24, 2.45) is 17.4 Å². The molecule has 27 heavy (non-hydrogen) atoms. The van der Waals surface area contributed by atoms with Gasteiger partial charge in [0.2, 0.25) is 17.7 Å². The lowest BCUT2D eigenvalue weighted by molar-refractivity contribution is -0.142. The molecule has 0 radical (unpaired) electrons. The third-order valence-electron chi connectivity index (χ3n) is 3.96. The summed E-state index contributed by atoms with van der Waals surface area (Å²) in [4.78, 5) is 47.3.